The first-order valence-electron chi connectivity index (χ1n) is 8.52. The minimum absolute atomic E-state index is 0.00284. The summed E-state index contributed by atoms with van der Waals surface area (Å²) in [4.78, 5) is 8.68. The minimum atomic E-state index is -2.80. The van der Waals surface area contributed by atoms with Crippen LogP contribution in [0.5, 0.6) is 11.9 Å². The maximum atomic E-state index is 12.9. The summed E-state index contributed by atoms with van der Waals surface area (Å²) < 4.78 is 29.7. The Hall–Kier alpha value is -0.430. The Morgan fingerprint density at radius 1 is 1.08 bits per heavy atom. The number of rotatable bonds is 12. The zero-order valence-corrected chi connectivity index (χ0v) is 18.4. The largest absolute Gasteiger partial charge is 0.475 e. The van der Waals surface area contributed by atoms with Gasteiger partial charge in [-0.3, -0.25) is 4.57 Å². The van der Waals surface area contributed by atoms with Crippen LogP contribution in [-0.2, 0) is 14.8 Å². The lowest BCUT2D eigenvalue weighted by Gasteiger charge is -2.17. The molecule has 1 aromatic rings. The van der Waals surface area contributed by atoms with Crippen LogP contribution in [0.25, 0.3) is 0 Å². The zero-order chi connectivity index (χ0) is 18.9. The molecule has 1 aromatic heterocycles. The highest BCUT2D eigenvalue weighted by Crippen LogP contribution is 2.70. The van der Waals surface area contributed by atoms with Gasteiger partial charge in [0.1, 0.15) is 0 Å². The predicted molar refractivity (Wildman–Crippen MR) is 107 cm³/mol. The molecule has 1 rings (SSSR count). The van der Waals surface area contributed by atoms with Gasteiger partial charge in [0.05, 0.1) is 24.5 Å². The van der Waals surface area contributed by atoms with Crippen molar-refractivity contribution < 1.29 is 18.6 Å². The molecule has 0 aliphatic carbocycles. The normalized spacial score (nSPS) is 13.9. The molecule has 0 spiro atoms. The summed E-state index contributed by atoms with van der Waals surface area (Å²) in [6.07, 6.45) is 0.913. The highest BCUT2D eigenvalue weighted by molar-refractivity contribution is 8.89. The summed E-state index contributed by atoms with van der Waals surface area (Å²) in [5.41, 5.74) is 0.711. The van der Waals surface area contributed by atoms with Crippen molar-refractivity contribution >= 4 is 28.5 Å². The molecule has 0 amide bonds. The van der Waals surface area contributed by atoms with E-state index >= 15 is 0 Å². The summed E-state index contributed by atoms with van der Waals surface area (Å²) in [6.45, 7) is 12.0. The molecule has 0 aliphatic heterocycles. The highest BCUT2D eigenvalue weighted by atomic mass is 33.1. The molecule has 0 bridgehead atoms. The van der Waals surface area contributed by atoms with Gasteiger partial charge >= 0.3 is 11.8 Å². The van der Waals surface area contributed by atoms with Crippen LogP contribution >= 0.6 is 28.5 Å². The van der Waals surface area contributed by atoms with Crippen molar-refractivity contribution in [2.24, 2.45) is 0 Å². The second-order valence-electron chi connectivity index (χ2n) is 5.78. The van der Waals surface area contributed by atoms with E-state index < -0.39 is 5.77 Å². The van der Waals surface area contributed by atoms with Crippen LogP contribution in [0.3, 0.4) is 0 Å². The standard InChI is InChI=1S/C16H29N2O4PS2/c1-7-9-24-23(19,20-8-2)25-11-14-10-15(21-12(3)4)18-16(17-14)22-13(5)6/h10,12-13H,7-9,11H2,1-6H3. The van der Waals surface area contributed by atoms with E-state index in [1.54, 1.807) is 6.07 Å². The summed E-state index contributed by atoms with van der Waals surface area (Å²) in [6, 6.07) is 2.04. The van der Waals surface area contributed by atoms with Gasteiger partial charge in [-0.1, -0.05) is 29.7 Å². The molecule has 0 radical (unpaired) electrons. The fourth-order valence-corrected chi connectivity index (χ4v) is 8.30. The van der Waals surface area contributed by atoms with E-state index in [2.05, 4.69) is 16.9 Å². The number of hydrogen-bond donors (Lipinski definition) is 0. The van der Waals surface area contributed by atoms with Crippen molar-refractivity contribution in [3.05, 3.63) is 11.8 Å². The lowest BCUT2D eigenvalue weighted by Crippen LogP contribution is -2.12. The van der Waals surface area contributed by atoms with E-state index in [9.17, 15) is 4.57 Å². The van der Waals surface area contributed by atoms with E-state index in [4.69, 9.17) is 14.0 Å². The molecule has 25 heavy (non-hydrogen) atoms. The molecule has 1 atom stereocenters. The molecule has 144 valence electrons. The Morgan fingerprint density at radius 2 is 1.76 bits per heavy atom. The molecule has 0 fully saturated rings. The maximum Gasteiger partial charge on any atom is 0.320 e. The van der Waals surface area contributed by atoms with Crippen molar-refractivity contribution in [1.29, 1.82) is 0 Å². The number of hydrogen-bond acceptors (Lipinski definition) is 8. The molecule has 0 saturated heterocycles. The molecule has 0 aliphatic rings. The molecule has 6 nitrogen and oxygen atoms in total. The van der Waals surface area contributed by atoms with Gasteiger partial charge < -0.3 is 14.0 Å². The quantitative estimate of drug-likeness (QED) is 0.416. The molecular formula is C16H29N2O4PS2. The first-order chi connectivity index (χ1) is 11.8. The van der Waals surface area contributed by atoms with Crippen LogP contribution in [0.1, 0.15) is 53.7 Å². The monoisotopic (exact) mass is 408 g/mol. The first kappa shape index (κ1) is 22.6. The Kier molecular flexibility index (Phi) is 10.2. The topological polar surface area (TPSA) is 70.5 Å². The van der Waals surface area contributed by atoms with Crippen molar-refractivity contribution in [2.75, 3.05) is 12.4 Å². The van der Waals surface area contributed by atoms with Crippen LogP contribution in [-0.4, -0.2) is 34.5 Å². The third-order valence-electron chi connectivity index (χ3n) is 2.54. The molecule has 9 heteroatoms. The predicted octanol–water partition coefficient (Wildman–Crippen LogP) is 5.57. The van der Waals surface area contributed by atoms with E-state index in [1.165, 1.54) is 22.8 Å². The van der Waals surface area contributed by atoms with E-state index in [1.807, 2.05) is 34.6 Å². The van der Waals surface area contributed by atoms with Gasteiger partial charge in [-0.2, -0.15) is 9.97 Å². The molecule has 1 unspecified atom stereocenters. The van der Waals surface area contributed by atoms with Gasteiger partial charge in [0.15, 0.2) is 0 Å². The summed E-state index contributed by atoms with van der Waals surface area (Å²) in [5.74, 6) is -1.09. The summed E-state index contributed by atoms with van der Waals surface area (Å²) >= 11 is 2.68. The second kappa shape index (κ2) is 11.3. The van der Waals surface area contributed by atoms with Gasteiger partial charge in [0.25, 0.3) is 0 Å². The lowest BCUT2D eigenvalue weighted by molar-refractivity contribution is 0.203. The third kappa shape index (κ3) is 9.18. The SMILES string of the molecule is CCCSP(=O)(OCC)SCc1cc(OC(C)C)nc(OC(C)C)n1. The van der Waals surface area contributed by atoms with E-state index in [0.717, 1.165) is 12.2 Å². The van der Waals surface area contributed by atoms with Gasteiger partial charge in [-0.25, -0.2) is 0 Å². The Morgan fingerprint density at radius 3 is 2.32 bits per heavy atom. The van der Waals surface area contributed by atoms with Gasteiger partial charge in [-0.15, -0.1) is 0 Å². The average molecular weight is 409 g/mol. The average Bonchev–Trinajstić information content (AvgIpc) is 2.50. The van der Waals surface area contributed by atoms with E-state index in [-0.39, 0.29) is 18.2 Å². The number of aromatic nitrogens is 2. The van der Waals surface area contributed by atoms with Gasteiger partial charge in [-0.05, 0) is 41.0 Å². The fourth-order valence-electron chi connectivity index (χ4n) is 1.71. The molecule has 1 heterocycles. The summed E-state index contributed by atoms with van der Waals surface area (Å²) in [5, 5.41) is 0. The maximum absolute atomic E-state index is 12.9. The van der Waals surface area contributed by atoms with Crippen LogP contribution in [0.4, 0.5) is 0 Å². The van der Waals surface area contributed by atoms with Crippen LogP contribution in [0.15, 0.2) is 6.07 Å². The van der Waals surface area contributed by atoms with Crippen molar-refractivity contribution in [3.8, 4) is 11.9 Å². The number of nitrogens with zero attached hydrogens (tertiary/aromatic N) is 2. The van der Waals surface area contributed by atoms with Crippen molar-refractivity contribution in [3.63, 3.8) is 0 Å². The smallest absolute Gasteiger partial charge is 0.320 e. The van der Waals surface area contributed by atoms with Crippen LogP contribution < -0.4 is 9.47 Å². The minimum Gasteiger partial charge on any atom is -0.475 e. The van der Waals surface area contributed by atoms with Gasteiger partial charge in [0, 0.05) is 17.6 Å². The Bertz CT molecular complexity index is 545. The van der Waals surface area contributed by atoms with Crippen LogP contribution in [0.2, 0.25) is 0 Å². The third-order valence-corrected chi connectivity index (χ3v) is 10.1. The van der Waals surface area contributed by atoms with Crippen molar-refractivity contribution in [1.82, 2.24) is 9.97 Å². The fraction of sp³-hybridized carbons (Fsp3) is 0.750. The molecular weight excluding hydrogens is 379 g/mol. The molecule has 0 saturated carbocycles. The van der Waals surface area contributed by atoms with E-state index in [0.29, 0.717) is 23.9 Å². The Labute approximate surface area is 159 Å². The van der Waals surface area contributed by atoms with Gasteiger partial charge in [0.2, 0.25) is 5.88 Å². The second-order valence-corrected chi connectivity index (χ2v) is 13.3. The number of ether oxygens (including phenoxy) is 2. The Balaban J connectivity index is 2.91. The lowest BCUT2D eigenvalue weighted by atomic mass is 10.4. The van der Waals surface area contributed by atoms with Crippen LogP contribution in [0, 0.1) is 0 Å². The zero-order valence-electron chi connectivity index (χ0n) is 15.9. The molecule has 0 N–H and O–H groups in total. The molecule has 0 aromatic carbocycles. The summed E-state index contributed by atoms with van der Waals surface area (Å²) in [7, 11) is 0. The highest BCUT2D eigenvalue weighted by Gasteiger charge is 2.25. The van der Waals surface area contributed by atoms with Crippen molar-refractivity contribution in [2.45, 2.75) is 65.9 Å². The first-order valence-corrected chi connectivity index (χ1v) is 13.3.